The predicted octanol–water partition coefficient (Wildman–Crippen LogP) is 5.53. The van der Waals surface area contributed by atoms with Gasteiger partial charge in [-0.25, -0.2) is 9.78 Å². The lowest BCUT2D eigenvalue weighted by Crippen LogP contribution is -2.20. The van der Waals surface area contributed by atoms with Gasteiger partial charge in [0.05, 0.1) is 38.8 Å². The zero-order valence-electron chi connectivity index (χ0n) is 21.4. The molecule has 0 N–H and O–H groups in total. The average molecular weight is 495 g/mol. The van der Waals surface area contributed by atoms with Crippen molar-refractivity contribution in [2.24, 2.45) is 0 Å². The maximum Gasteiger partial charge on any atom is 0.374 e. The molecule has 2 aromatic carbocycles. The highest BCUT2D eigenvalue weighted by Crippen LogP contribution is 2.35. The molecule has 1 aromatic heterocycles. The number of carbonyl (C=O) groups excluding carboxylic acids is 2. The summed E-state index contributed by atoms with van der Waals surface area (Å²) in [5.74, 6) is 0.408. The first-order valence-electron chi connectivity index (χ1n) is 12.2. The van der Waals surface area contributed by atoms with E-state index in [9.17, 15) is 9.59 Å². The van der Waals surface area contributed by atoms with Crippen molar-refractivity contribution in [1.29, 1.82) is 0 Å². The number of esters is 2. The molecule has 0 amide bonds. The number of unbranched alkanes of at least 4 members (excludes halogenated alkanes) is 2. The average Bonchev–Trinajstić information content (AvgIpc) is 3.28. The molecular weight excluding hydrogens is 460 g/mol. The van der Waals surface area contributed by atoms with Crippen molar-refractivity contribution in [2.45, 2.75) is 46.1 Å². The van der Waals surface area contributed by atoms with Gasteiger partial charge in [-0.3, -0.25) is 4.79 Å². The molecular formula is C28H34N2O6. The SMILES string of the molecule is CCCCOC(=O)Cn1c(C(=O)OCCCC)nc(-c2ccc(OC)cc2)c1-c1ccc(OC)cc1. The van der Waals surface area contributed by atoms with Crippen LogP contribution in [0.15, 0.2) is 48.5 Å². The monoisotopic (exact) mass is 494 g/mol. The van der Waals surface area contributed by atoms with Gasteiger partial charge in [0, 0.05) is 11.1 Å². The third kappa shape index (κ3) is 6.65. The maximum absolute atomic E-state index is 13.1. The van der Waals surface area contributed by atoms with E-state index in [-0.39, 0.29) is 19.0 Å². The fourth-order valence-corrected chi connectivity index (χ4v) is 3.63. The largest absolute Gasteiger partial charge is 0.497 e. The molecule has 36 heavy (non-hydrogen) atoms. The number of aromatic nitrogens is 2. The standard InChI is InChI=1S/C28H34N2O6/c1-5-7-17-35-24(31)19-30-26(21-11-15-23(34-4)16-12-21)25(20-9-13-22(33-3)14-10-20)29-27(30)28(32)36-18-8-6-2/h9-16H,5-8,17-19H2,1-4H3. The molecule has 0 aliphatic rings. The first kappa shape index (κ1) is 26.8. The molecule has 8 nitrogen and oxygen atoms in total. The fourth-order valence-electron chi connectivity index (χ4n) is 3.63. The lowest BCUT2D eigenvalue weighted by atomic mass is 10.0. The van der Waals surface area contributed by atoms with Crippen molar-refractivity contribution in [2.75, 3.05) is 27.4 Å². The van der Waals surface area contributed by atoms with E-state index in [1.54, 1.807) is 18.8 Å². The molecule has 0 saturated carbocycles. The first-order chi connectivity index (χ1) is 17.5. The van der Waals surface area contributed by atoms with Crippen LogP contribution < -0.4 is 9.47 Å². The topological polar surface area (TPSA) is 88.9 Å². The van der Waals surface area contributed by atoms with Crippen LogP contribution in [0.3, 0.4) is 0 Å². The number of carbonyl (C=O) groups is 2. The van der Waals surface area contributed by atoms with Gasteiger partial charge in [-0.15, -0.1) is 0 Å². The number of methoxy groups -OCH3 is 2. The number of nitrogens with zero attached hydrogens (tertiary/aromatic N) is 2. The van der Waals surface area contributed by atoms with Gasteiger partial charge in [0.25, 0.3) is 0 Å². The lowest BCUT2D eigenvalue weighted by Gasteiger charge is -2.13. The van der Waals surface area contributed by atoms with Crippen LogP contribution in [0.1, 0.15) is 50.1 Å². The van der Waals surface area contributed by atoms with Crippen LogP contribution >= 0.6 is 0 Å². The van der Waals surface area contributed by atoms with Crippen molar-refractivity contribution >= 4 is 11.9 Å². The minimum atomic E-state index is -0.584. The summed E-state index contributed by atoms with van der Waals surface area (Å²) >= 11 is 0. The van der Waals surface area contributed by atoms with E-state index in [1.807, 2.05) is 62.4 Å². The molecule has 0 spiro atoms. The molecule has 1 heterocycles. The van der Waals surface area contributed by atoms with Gasteiger partial charge in [-0.2, -0.15) is 0 Å². The highest BCUT2D eigenvalue weighted by Gasteiger charge is 2.27. The molecule has 3 rings (SSSR count). The van der Waals surface area contributed by atoms with Crippen molar-refractivity contribution in [1.82, 2.24) is 9.55 Å². The molecule has 0 unspecified atom stereocenters. The molecule has 3 aromatic rings. The van der Waals surface area contributed by atoms with Gasteiger partial charge in [0.1, 0.15) is 18.0 Å². The predicted molar refractivity (Wildman–Crippen MR) is 137 cm³/mol. The Balaban J connectivity index is 2.15. The van der Waals surface area contributed by atoms with Gasteiger partial charge in [0.15, 0.2) is 0 Å². The van der Waals surface area contributed by atoms with Crippen molar-refractivity contribution in [3.05, 3.63) is 54.4 Å². The number of rotatable bonds is 13. The fraction of sp³-hybridized carbons (Fsp3) is 0.393. The van der Waals surface area contributed by atoms with Crippen molar-refractivity contribution < 1.29 is 28.5 Å². The van der Waals surface area contributed by atoms with E-state index in [4.69, 9.17) is 23.9 Å². The molecule has 0 bridgehead atoms. The summed E-state index contributed by atoms with van der Waals surface area (Å²) in [6, 6.07) is 14.8. The Labute approximate surface area is 212 Å². The Morgan fingerprint density at radius 2 is 1.31 bits per heavy atom. The summed E-state index contributed by atoms with van der Waals surface area (Å²) in [6.45, 7) is 4.47. The third-order valence-corrected chi connectivity index (χ3v) is 5.66. The molecule has 0 radical (unpaired) electrons. The Morgan fingerprint density at radius 3 is 1.83 bits per heavy atom. The summed E-state index contributed by atoms with van der Waals surface area (Å²) < 4.78 is 23.1. The normalized spacial score (nSPS) is 10.7. The first-order valence-corrected chi connectivity index (χ1v) is 12.2. The number of imidazole rings is 1. The van der Waals surface area contributed by atoms with Crippen LogP contribution in [0.5, 0.6) is 11.5 Å². The molecule has 0 fully saturated rings. The number of benzene rings is 2. The third-order valence-electron chi connectivity index (χ3n) is 5.66. The van der Waals surface area contributed by atoms with E-state index in [1.165, 1.54) is 0 Å². The highest BCUT2D eigenvalue weighted by atomic mass is 16.5. The van der Waals surface area contributed by atoms with E-state index in [0.717, 1.165) is 36.8 Å². The van der Waals surface area contributed by atoms with Gasteiger partial charge < -0.3 is 23.5 Å². The summed E-state index contributed by atoms with van der Waals surface area (Å²) in [6.07, 6.45) is 3.30. The smallest absolute Gasteiger partial charge is 0.374 e. The van der Waals surface area contributed by atoms with E-state index >= 15 is 0 Å². The summed E-state index contributed by atoms with van der Waals surface area (Å²) in [5, 5.41) is 0. The van der Waals surface area contributed by atoms with Crippen LogP contribution in [0, 0.1) is 0 Å². The van der Waals surface area contributed by atoms with E-state index in [0.29, 0.717) is 29.5 Å². The van der Waals surface area contributed by atoms with Crippen molar-refractivity contribution in [3.8, 4) is 34.0 Å². The second-order valence-electron chi connectivity index (χ2n) is 8.24. The van der Waals surface area contributed by atoms with Gasteiger partial charge in [-0.05, 0) is 61.4 Å². The van der Waals surface area contributed by atoms with Crippen molar-refractivity contribution in [3.63, 3.8) is 0 Å². The minimum absolute atomic E-state index is 0.0511. The van der Waals surface area contributed by atoms with Crippen LogP contribution in [-0.2, 0) is 20.8 Å². The molecule has 0 atom stereocenters. The van der Waals surface area contributed by atoms with Gasteiger partial charge >= 0.3 is 11.9 Å². The lowest BCUT2D eigenvalue weighted by molar-refractivity contribution is -0.144. The van der Waals surface area contributed by atoms with Gasteiger partial charge in [-0.1, -0.05) is 26.7 Å². The highest BCUT2D eigenvalue weighted by molar-refractivity contribution is 5.91. The summed E-state index contributed by atoms with van der Waals surface area (Å²) in [7, 11) is 3.19. The Kier molecular flexibility index (Phi) is 9.92. The van der Waals surface area contributed by atoms with Crippen LogP contribution in [-0.4, -0.2) is 48.9 Å². The van der Waals surface area contributed by atoms with Crippen LogP contribution in [0.2, 0.25) is 0 Å². The zero-order valence-corrected chi connectivity index (χ0v) is 21.4. The second kappa shape index (κ2) is 13.3. The van der Waals surface area contributed by atoms with E-state index in [2.05, 4.69) is 0 Å². The van der Waals surface area contributed by atoms with E-state index < -0.39 is 11.9 Å². The molecule has 0 aliphatic heterocycles. The maximum atomic E-state index is 13.1. The zero-order chi connectivity index (χ0) is 25.9. The number of ether oxygens (including phenoxy) is 4. The number of hydrogen-bond acceptors (Lipinski definition) is 7. The van der Waals surface area contributed by atoms with Crippen LogP contribution in [0.4, 0.5) is 0 Å². The second-order valence-corrected chi connectivity index (χ2v) is 8.24. The molecule has 192 valence electrons. The Hall–Kier alpha value is -3.81. The summed E-state index contributed by atoms with van der Waals surface area (Å²) in [4.78, 5) is 30.6. The quantitative estimate of drug-likeness (QED) is 0.228. The molecule has 8 heteroatoms. The van der Waals surface area contributed by atoms with Gasteiger partial charge in [0.2, 0.25) is 5.82 Å². The Bertz CT molecular complexity index is 1140. The molecule has 0 aliphatic carbocycles. The Morgan fingerprint density at radius 1 is 0.778 bits per heavy atom. The number of hydrogen-bond donors (Lipinski definition) is 0. The van der Waals surface area contributed by atoms with Crippen LogP contribution in [0.25, 0.3) is 22.5 Å². The summed E-state index contributed by atoms with van der Waals surface area (Å²) in [5.41, 5.74) is 2.69. The minimum Gasteiger partial charge on any atom is -0.497 e. The molecule has 0 saturated heterocycles.